The van der Waals surface area contributed by atoms with Crippen LogP contribution in [0.1, 0.15) is 0 Å². The van der Waals surface area contributed by atoms with Crippen LogP contribution in [-0.2, 0) is 9.47 Å². The van der Waals surface area contributed by atoms with Gasteiger partial charge in [-0.1, -0.05) is 5.18 Å². The predicted octanol–water partition coefficient (Wildman–Crippen LogP) is -3.07. The molecule has 0 aromatic heterocycles. The van der Waals surface area contributed by atoms with Crippen molar-refractivity contribution in [1.82, 2.24) is 0 Å². The fourth-order valence-electron chi connectivity index (χ4n) is 1.60. The second kappa shape index (κ2) is 7.04. The topological polar surface area (TPSA) is 149 Å². The molecule has 0 spiro atoms. The lowest BCUT2D eigenvalue weighted by Gasteiger charge is -2.40. The van der Waals surface area contributed by atoms with Gasteiger partial charge in [0, 0.05) is 0 Å². The van der Waals surface area contributed by atoms with E-state index in [4.69, 9.17) is 19.7 Å². The molecule has 0 aromatic carbocycles. The molecule has 9 heteroatoms. The molecule has 1 fully saturated rings. The summed E-state index contributed by atoms with van der Waals surface area (Å²) in [4.78, 5) is 10.1. The molecular formula is C9H17NO8. The molecule has 18 heavy (non-hydrogen) atoms. The molecule has 1 rings (SSSR count). The van der Waals surface area contributed by atoms with Gasteiger partial charge in [0.2, 0.25) is 0 Å². The van der Waals surface area contributed by atoms with Crippen molar-refractivity contribution < 1.29 is 35.0 Å². The van der Waals surface area contributed by atoms with E-state index in [0.717, 1.165) is 0 Å². The maximum Gasteiger partial charge on any atom is 0.187 e. The first-order valence-corrected chi connectivity index (χ1v) is 5.41. The number of aliphatic hydroxyl groups is 5. The van der Waals surface area contributed by atoms with Gasteiger partial charge in [-0.3, -0.25) is 0 Å². The van der Waals surface area contributed by atoms with E-state index in [1.165, 1.54) is 0 Å². The van der Waals surface area contributed by atoms with Crippen molar-refractivity contribution in [2.24, 2.45) is 5.18 Å². The van der Waals surface area contributed by atoms with Crippen LogP contribution in [0.5, 0.6) is 0 Å². The van der Waals surface area contributed by atoms with Crippen molar-refractivity contribution in [3.63, 3.8) is 0 Å². The third-order valence-electron chi connectivity index (χ3n) is 2.66. The fourth-order valence-corrected chi connectivity index (χ4v) is 1.60. The van der Waals surface area contributed by atoms with Gasteiger partial charge in [-0.25, -0.2) is 0 Å². The Balaban J connectivity index is 2.66. The minimum atomic E-state index is -1.57. The third-order valence-corrected chi connectivity index (χ3v) is 2.66. The molecule has 106 valence electrons. The molecule has 6 unspecified atom stereocenters. The largest absolute Gasteiger partial charge is 0.394 e. The average Bonchev–Trinajstić information content (AvgIpc) is 2.38. The van der Waals surface area contributed by atoms with Crippen LogP contribution in [0, 0.1) is 4.91 Å². The minimum absolute atomic E-state index is 0.356. The number of hydrogen-bond donors (Lipinski definition) is 5. The van der Waals surface area contributed by atoms with E-state index in [1.54, 1.807) is 0 Å². The molecular weight excluding hydrogens is 250 g/mol. The zero-order valence-corrected chi connectivity index (χ0v) is 9.49. The lowest BCUT2D eigenvalue weighted by atomic mass is 9.99. The normalized spacial score (nSPS) is 38.4. The number of nitroso groups, excluding NO2 is 1. The zero-order valence-electron chi connectivity index (χ0n) is 9.49. The molecule has 0 amide bonds. The summed E-state index contributed by atoms with van der Waals surface area (Å²) in [5.41, 5.74) is 0. The van der Waals surface area contributed by atoms with Crippen molar-refractivity contribution in [1.29, 1.82) is 0 Å². The molecule has 1 aliphatic heterocycles. The molecule has 0 bridgehead atoms. The first kappa shape index (κ1) is 15.4. The van der Waals surface area contributed by atoms with Crippen LogP contribution >= 0.6 is 0 Å². The van der Waals surface area contributed by atoms with Crippen LogP contribution in [-0.4, -0.2) is 82.1 Å². The van der Waals surface area contributed by atoms with Crippen LogP contribution in [0.15, 0.2) is 5.18 Å². The number of aliphatic hydroxyl groups excluding tert-OH is 5. The van der Waals surface area contributed by atoms with E-state index < -0.39 is 50.0 Å². The van der Waals surface area contributed by atoms with Crippen molar-refractivity contribution >= 4 is 0 Å². The van der Waals surface area contributed by atoms with Gasteiger partial charge in [0.25, 0.3) is 0 Å². The molecule has 6 atom stereocenters. The Kier molecular flexibility index (Phi) is 6.02. The van der Waals surface area contributed by atoms with Crippen molar-refractivity contribution in [3.05, 3.63) is 4.91 Å². The highest BCUT2D eigenvalue weighted by Gasteiger charge is 2.44. The minimum Gasteiger partial charge on any atom is -0.394 e. The quantitative estimate of drug-likeness (QED) is 0.318. The number of ether oxygens (including phenoxy) is 2. The molecule has 0 radical (unpaired) electrons. The first-order chi connectivity index (χ1) is 8.54. The molecule has 0 aromatic rings. The summed E-state index contributed by atoms with van der Waals surface area (Å²) in [5.74, 6) is 0. The monoisotopic (exact) mass is 267 g/mol. The summed E-state index contributed by atoms with van der Waals surface area (Å²) in [6, 6.07) is 0. The Morgan fingerprint density at radius 2 is 1.83 bits per heavy atom. The highest BCUT2D eigenvalue weighted by atomic mass is 16.7. The van der Waals surface area contributed by atoms with E-state index in [9.17, 15) is 20.2 Å². The summed E-state index contributed by atoms with van der Waals surface area (Å²) in [5, 5.41) is 48.9. The van der Waals surface area contributed by atoms with Crippen LogP contribution in [0.25, 0.3) is 0 Å². The van der Waals surface area contributed by atoms with Gasteiger partial charge in [-0.15, -0.1) is 0 Å². The van der Waals surface area contributed by atoms with Gasteiger partial charge in [0.15, 0.2) is 6.29 Å². The fraction of sp³-hybridized carbons (Fsp3) is 1.00. The van der Waals surface area contributed by atoms with Crippen LogP contribution in [0.4, 0.5) is 0 Å². The van der Waals surface area contributed by atoms with E-state index in [2.05, 4.69) is 5.18 Å². The van der Waals surface area contributed by atoms with Gasteiger partial charge in [-0.2, -0.15) is 4.91 Å². The Hall–Kier alpha value is -0.680. The summed E-state index contributed by atoms with van der Waals surface area (Å²) in [7, 11) is 0. The number of nitrogens with zero attached hydrogens (tertiary/aromatic N) is 1. The van der Waals surface area contributed by atoms with E-state index in [1.807, 2.05) is 0 Å². The number of rotatable bonds is 6. The second-order valence-electron chi connectivity index (χ2n) is 3.95. The average molecular weight is 267 g/mol. The number of hydrogen-bond acceptors (Lipinski definition) is 9. The van der Waals surface area contributed by atoms with Gasteiger partial charge in [0.1, 0.15) is 37.1 Å². The summed E-state index contributed by atoms with van der Waals surface area (Å²) < 4.78 is 10.1. The Labute approximate surface area is 103 Å². The smallest absolute Gasteiger partial charge is 0.187 e. The molecule has 9 nitrogen and oxygen atoms in total. The molecule has 1 heterocycles. The first-order valence-electron chi connectivity index (χ1n) is 5.41. The Morgan fingerprint density at radius 1 is 1.17 bits per heavy atom. The lowest BCUT2D eigenvalue weighted by molar-refractivity contribution is -0.312. The molecule has 0 saturated carbocycles. The maximum absolute atomic E-state index is 10.1. The second-order valence-corrected chi connectivity index (χ2v) is 3.95. The van der Waals surface area contributed by atoms with Crippen molar-refractivity contribution in [2.45, 2.75) is 36.8 Å². The van der Waals surface area contributed by atoms with Gasteiger partial charge in [0.05, 0.1) is 13.2 Å². The summed E-state index contributed by atoms with van der Waals surface area (Å²) in [6.45, 7) is -1.47. The van der Waals surface area contributed by atoms with E-state index >= 15 is 0 Å². The van der Waals surface area contributed by atoms with Crippen LogP contribution < -0.4 is 0 Å². The standard InChI is InChI=1S/C9H17NO8/c11-2-4(1-10-16)17-9-8(15)7(14)6(13)5(3-12)18-9/h4-9,11-15H,1-3H2. The third kappa shape index (κ3) is 3.42. The molecule has 0 aliphatic carbocycles. The van der Waals surface area contributed by atoms with Crippen LogP contribution in [0.2, 0.25) is 0 Å². The maximum atomic E-state index is 10.1. The van der Waals surface area contributed by atoms with Gasteiger partial charge < -0.3 is 35.0 Å². The Morgan fingerprint density at radius 3 is 2.33 bits per heavy atom. The summed E-state index contributed by atoms with van der Waals surface area (Å²) in [6.07, 6.45) is -8.09. The highest BCUT2D eigenvalue weighted by molar-refractivity contribution is 4.89. The summed E-state index contributed by atoms with van der Waals surface area (Å²) >= 11 is 0. The Bertz CT molecular complexity index is 263. The molecule has 1 aliphatic rings. The zero-order chi connectivity index (χ0) is 13.7. The molecule has 5 N–H and O–H groups in total. The van der Waals surface area contributed by atoms with Gasteiger partial charge in [-0.05, 0) is 0 Å². The van der Waals surface area contributed by atoms with Crippen molar-refractivity contribution in [2.75, 3.05) is 19.8 Å². The predicted molar refractivity (Wildman–Crippen MR) is 56.4 cm³/mol. The van der Waals surface area contributed by atoms with Gasteiger partial charge >= 0.3 is 0 Å². The van der Waals surface area contributed by atoms with Crippen LogP contribution in [0.3, 0.4) is 0 Å². The molecule has 1 saturated heterocycles. The van der Waals surface area contributed by atoms with E-state index in [0.29, 0.717) is 0 Å². The van der Waals surface area contributed by atoms with Crippen molar-refractivity contribution in [3.8, 4) is 0 Å². The van der Waals surface area contributed by atoms with E-state index in [-0.39, 0.29) is 6.54 Å². The SMILES string of the molecule is O=NCC(CO)OC1OC(CO)C(O)C(O)C1O. The highest BCUT2D eigenvalue weighted by Crippen LogP contribution is 2.22. The lowest BCUT2D eigenvalue weighted by Crippen LogP contribution is -2.60.